The van der Waals surface area contributed by atoms with E-state index in [-0.39, 0.29) is 24.8 Å². The first kappa shape index (κ1) is 29.7. The quantitative estimate of drug-likeness (QED) is 0.293. The van der Waals surface area contributed by atoms with Crippen LogP contribution in [0.15, 0.2) is 54.6 Å². The van der Waals surface area contributed by atoms with Crippen LogP contribution in [0.25, 0.3) is 0 Å². The molecular weight excluding hydrogens is 472 g/mol. The molecule has 2 aromatic rings. The summed E-state index contributed by atoms with van der Waals surface area (Å²) >= 11 is 0. The molecule has 1 atom stereocenters. The van der Waals surface area contributed by atoms with Crippen molar-refractivity contribution >= 4 is 18.0 Å². The van der Waals surface area contributed by atoms with Crippen molar-refractivity contribution in [3.63, 3.8) is 0 Å². The minimum absolute atomic E-state index is 0.198. The molecule has 0 saturated heterocycles. The lowest BCUT2D eigenvalue weighted by Gasteiger charge is -2.19. The molecular formula is C29H40N2O6. The summed E-state index contributed by atoms with van der Waals surface area (Å²) in [7, 11) is 0. The molecule has 0 heterocycles. The maximum Gasteiger partial charge on any atom is 0.407 e. The molecule has 202 valence electrons. The van der Waals surface area contributed by atoms with E-state index in [2.05, 4.69) is 10.6 Å². The van der Waals surface area contributed by atoms with Gasteiger partial charge in [0.2, 0.25) is 5.91 Å². The zero-order valence-corrected chi connectivity index (χ0v) is 22.1. The van der Waals surface area contributed by atoms with Crippen LogP contribution in [0.2, 0.25) is 0 Å². The molecule has 0 fully saturated rings. The lowest BCUT2D eigenvalue weighted by atomic mass is 10.0. The monoisotopic (exact) mass is 512 g/mol. The lowest BCUT2D eigenvalue weighted by Crippen LogP contribution is -2.42. The third kappa shape index (κ3) is 13.4. The number of aliphatic carboxylic acids is 1. The number of hydrogen-bond donors (Lipinski definition) is 3. The van der Waals surface area contributed by atoms with Gasteiger partial charge < -0.3 is 25.2 Å². The Bertz CT molecular complexity index is 970. The van der Waals surface area contributed by atoms with Crippen molar-refractivity contribution in [2.24, 2.45) is 0 Å². The van der Waals surface area contributed by atoms with Crippen LogP contribution in [-0.4, -0.2) is 47.9 Å². The SMILES string of the molecule is CC(C)(C)OC(=O)NCCCCCCOc1ccc(C[C@H](NC(=O)CCc2ccccc2)C(=O)O)cc1. The molecule has 0 radical (unpaired) electrons. The molecule has 8 nitrogen and oxygen atoms in total. The zero-order chi connectivity index (χ0) is 27.1. The van der Waals surface area contributed by atoms with Crippen LogP contribution in [0.4, 0.5) is 4.79 Å². The minimum Gasteiger partial charge on any atom is -0.494 e. The Balaban J connectivity index is 1.63. The molecule has 0 aliphatic carbocycles. The molecule has 2 rings (SSSR count). The Morgan fingerprint density at radius 1 is 0.892 bits per heavy atom. The Morgan fingerprint density at radius 3 is 2.22 bits per heavy atom. The van der Waals surface area contributed by atoms with Crippen molar-refractivity contribution in [1.82, 2.24) is 10.6 Å². The number of hydrogen-bond acceptors (Lipinski definition) is 5. The molecule has 2 aromatic carbocycles. The van der Waals surface area contributed by atoms with Gasteiger partial charge in [0, 0.05) is 19.4 Å². The predicted molar refractivity (Wildman–Crippen MR) is 143 cm³/mol. The van der Waals surface area contributed by atoms with Gasteiger partial charge in [-0.2, -0.15) is 0 Å². The van der Waals surface area contributed by atoms with Crippen LogP contribution in [0.5, 0.6) is 5.75 Å². The first-order valence-corrected chi connectivity index (χ1v) is 12.9. The second kappa shape index (κ2) is 15.5. The number of aryl methyl sites for hydroxylation is 1. The van der Waals surface area contributed by atoms with Gasteiger partial charge in [0.25, 0.3) is 0 Å². The summed E-state index contributed by atoms with van der Waals surface area (Å²) in [6.45, 7) is 6.67. The van der Waals surface area contributed by atoms with Crippen molar-refractivity contribution in [3.8, 4) is 5.75 Å². The van der Waals surface area contributed by atoms with Crippen LogP contribution in [0, 0.1) is 0 Å². The van der Waals surface area contributed by atoms with Crippen LogP contribution in [0.1, 0.15) is 64.0 Å². The Hall–Kier alpha value is -3.55. The second-order valence-corrected chi connectivity index (χ2v) is 9.98. The van der Waals surface area contributed by atoms with Crippen LogP contribution in [0.3, 0.4) is 0 Å². The third-order valence-corrected chi connectivity index (χ3v) is 5.49. The Labute approximate surface area is 219 Å². The van der Waals surface area contributed by atoms with E-state index < -0.39 is 17.6 Å². The number of carbonyl (C=O) groups excluding carboxylic acids is 2. The average molecular weight is 513 g/mol. The number of ether oxygens (including phenoxy) is 2. The molecule has 8 heteroatoms. The average Bonchev–Trinajstić information content (AvgIpc) is 2.84. The summed E-state index contributed by atoms with van der Waals surface area (Å²) in [6.07, 6.45) is 4.34. The Morgan fingerprint density at radius 2 is 1.57 bits per heavy atom. The number of unbranched alkanes of at least 4 members (excludes halogenated alkanes) is 3. The number of alkyl carbamates (subject to hydrolysis) is 1. The van der Waals surface area contributed by atoms with E-state index >= 15 is 0 Å². The predicted octanol–water partition coefficient (Wildman–Crippen LogP) is 4.90. The molecule has 0 saturated carbocycles. The molecule has 0 aromatic heterocycles. The van der Waals surface area contributed by atoms with Gasteiger partial charge in [0.1, 0.15) is 17.4 Å². The maximum atomic E-state index is 12.3. The summed E-state index contributed by atoms with van der Waals surface area (Å²) in [6, 6.07) is 15.9. The van der Waals surface area contributed by atoms with Gasteiger partial charge in [-0.1, -0.05) is 55.3 Å². The first-order valence-electron chi connectivity index (χ1n) is 12.9. The molecule has 2 amide bonds. The summed E-state index contributed by atoms with van der Waals surface area (Å²) in [4.78, 5) is 35.5. The van der Waals surface area contributed by atoms with Gasteiger partial charge in [-0.25, -0.2) is 9.59 Å². The molecule has 0 unspecified atom stereocenters. The summed E-state index contributed by atoms with van der Waals surface area (Å²) < 4.78 is 11.0. The maximum absolute atomic E-state index is 12.3. The molecule has 0 spiro atoms. The van der Waals surface area contributed by atoms with E-state index in [1.54, 1.807) is 0 Å². The smallest absolute Gasteiger partial charge is 0.407 e. The molecule has 37 heavy (non-hydrogen) atoms. The van der Waals surface area contributed by atoms with Gasteiger partial charge in [-0.3, -0.25) is 4.79 Å². The molecule has 0 aliphatic heterocycles. The highest BCUT2D eigenvalue weighted by Gasteiger charge is 2.20. The topological polar surface area (TPSA) is 114 Å². The van der Waals surface area contributed by atoms with E-state index in [0.29, 0.717) is 25.3 Å². The lowest BCUT2D eigenvalue weighted by molar-refractivity contribution is -0.141. The number of carbonyl (C=O) groups is 3. The third-order valence-electron chi connectivity index (χ3n) is 5.49. The van der Waals surface area contributed by atoms with E-state index in [4.69, 9.17) is 9.47 Å². The zero-order valence-electron chi connectivity index (χ0n) is 22.1. The highest BCUT2D eigenvalue weighted by molar-refractivity contribution is 5.83. The fourth-order valence-electron chi connectivity index (χ4n) is 3.60. The highest BCUT2D eigenvalue weighted by atomic mass is 16.6. The van der Waals surface area contributed by atoms with E-state index in [1.807, 2.05) is 75.4 Å². The van der Waals surface area contributed by atoms with E-state index in [1.165, 1.54) is 0 Å². The number of carboxylic acids is 1. The summed E-state index contributed by atoms with van der Waals surface area (Å²) in [5.41, 5.74) is 1.35. The van der Waals surface area contributed by atoms with Crippen molar-refractivity contribution in [2.45, 2.75) is 77.4 Å². The number of benzene rings is 2. The number of carboxylic acid groups (broad SMARTS) is 1. The van der Waals surface area contributed by atoms with Gasteiger partial charge in [-0.15, -0.1) is 0 Å². The number of amides is 2. The van der Waals surface area contributed by atoms with Crippen LogP contribution < -0.4 is 15.4 Å². The van der Waals surface area contributed by atoms with E-state index in [9.17, 15) is 19.5 Å². The number of rotatable bonds is 15. The van der Waals surface area contributed by atoms with Crippen LogP contribution >= 0.6 is 0 Å². The molecule has 3 N–H and O–H groups in total. The largest absolute Gasteiger partial charge is 0.494 e. The first-order chi connectivity index (χ1) is 17.6. The summed E-state index contributed by atoms with van der Waals surface area (Å²) in [5, 5.41) is 14.9. The fraction of sp³-hybridized carbons (Fsp3) is 0.483. The van der Waals surface area contributed by atoms with Gasteiger partial charge in [-0.05, 0) is 63.3 Å². The van der Waals surface area contributed by atoms with Crippen molar-refractivity contribution in [3.05, 3.63) is 65.7 Å². The van der Waals surface area contributed by atoms with E-state index in [0.717, 1.165) is 36.8 Å². The second-order valence-electron chi connectivity index (χ2n) is 9.98. The van der Waals surface area contributed by atoms with Crippen LogP contribution in [-0.2, 0) is 27.2 Å². The normalized spacial score (nSPS) is 11.9. The van der Waals surface area contributed by atoms with Gasteiger partial charge in [0.05, 0.1) is 6.61 Å². The standard InChI is InChI=1S/C29H40N2O6/c1-29(2,3)37-28(35)30-19-9-4-5-10-20-36-24-16-13-23(14-17-24)21-25(27(33)34)31-26(32)18-15-22-11-7-6-8-12-22/h6-8,11-14,16-17,25H,4-5,9-10,15,18-21H2,1-3H3,(H,30,35)(H,31,32)(H,33,34)/t25-/m0/s1. The fourth-order valence-corrected chi connectivity index (χ4v) is 3.60. The summed E-state index contributed by atoms with van der Waals surface area (Å²) in [5.74, 6) is -0.624. The van der Waals surface area contributed by atoms with Gasteiger partial charge in [0.15, 0.2) is 0 Å². The molecule has 0 aliphatic rings. The van der Waals surface area contributed by atoms with Crippen molar-refractivity contribution in [1.29, 1.82) is 0 Å². The molecule has 0 bridgehead atoms. The highest BCUT2D eigenvalue weighted by Crippen LogP contribution is 2.15. The number of nitrogens with one attached hydrogen (secondary N) is 2. The van der Waals surface area contributed by atoms with Crippen molar-refractivity contribution in [2.75, 3.05) is 13.2 Å². The van der Waals surface area contributed by atoms with Gasteiger partial charge >= 0.3 is 12.1 Å². The minimum atomic E-state index is -1.06. The van der Waals surface area contributed by atoms with Crippen molar-refractivity contribution < 1.29 is 29.0 Å². The Kier molecular flexibility index (Phi) is 12.5.